The summed E-state index contributed by atoms with van der Waals surface area (Å²) in [6.07, 6.45) is 0.743. The van der Waals surface area contributed by atoms with Gasteiger partial charge in [0.05, 0.1) is 29.2 Å². The monoisotopic (exact) mass is 513 g/mol. The molecule has 9 heteroatoms. The van der Waals surface area contributed by atoms with Crippen LogP contribution in [0, 0.1) is 17.8 Å². The van der Waals surface area contributed by atoms with E-state index in [1.165, 1.54) is 4.90 Å². The minimum Gasteiger partial charge on any atom is -0.394 e. The number of likely N-dealkylation sites (tertiary alicyclic amines) is 1. The number of thioether (sulfide) groups is 1. The SMILES string of the molecule is CC1C[C@@H]2SC13C(C(=O)Nc1ccc(Cl)cc1)N([C@H](C)CO)C(=O)[C@@H]3[C@@H]2C(=O)Nc1ccccc1. The van der Waals surface area contributed by atoms with Crippen LogP contribution in [0.1, 0.15) is 20.3 Å². The molecule has 3 aliphatic heterocycles. The van der Waals surface area contributed by atoms with E-state index in [9.17, 15) is 19.5 Å². The van der Waals surface area contributed by atoms with Crippen molar-refractivity contribution in [3.8, 4) is 0 Å². The van der Waals surface area contributed by atoms with Crippen LogP contribution in [-0.4, -0.2) is 56.4 Å². The molecule has 0 aliphatic carbocycles. The molecule has 1 spiro atoms. The van der Waals surface area contributed by atoms with E-state index in [2.05, 4.69) is 17.6 Å². The number of halogens is 1. The van der Waals surface area contributed by atoms with Gasteiger partial charge in [0.15, 0.2) is 0 Å². The summed E-state index contributed by atoms with van der Waals surface area (Å²) in [6, 6.07) is 14.6. The predicted octanol–water partition coefficient (Wildman–Crippen LogP) is 3.64. The van der Waals surface area contributed by atoms with Crippen LogP contribution in [0.3, 0.4) is 0 Å². The maximum atomic E-state index is 13.9. The topological polar surface area (TPSA) is 98.7 Å². The standard InChI is InChI=1S/C26H28ClN3O4S/c1-14-12-19-20(23(32)28-17-6-4-3-5-7-17)21-25(34)30(15(2)13-31)22(26(14,21)35-19)24(33)29-18-10-8-16(27)9-11-18/h3-11,14-15,19-22,31H,12-13H2,1-2H3,(H,28,32)(H,29,33)/t14?,15-,19+,20-,21+,22?,26?/m1/s1. The number of fused-ring (bicyclic) bond motifs is 1. The van der Waals surface area contributed by atoms with E-state index in [0.717, 1.165) is 6.42 Å². The summed E-state index contributed by atoms with van der Waals surface area (Å²) < 4.78 is -0.750. The minimum atomic E-state index is -0.808. The molecule has 3 unspecified atom stereocenters. The van der Waals surface area contributed by atoms with Gasteiger partial charge in [-0.25, -0.2) is 0 Å². The first-order valence-corrected chi connectivity index (χ1v) is 13.1. The third-order valence-corrected chi connectivity index (χ3v) is 9.95. The van der Waals surface area contributed by atoms with Crippen molar-refractivity contribution in [2.45, 2.75) is 42.3 Å². The second kappa shape index (κ2) is 9.15. The number of carbonyl (C=O) groups is 3. The van der Waals surface area contributed by atoms with Crippen LogP contribution in [0.5, 0.6) is 0 Å². The normalized spacial score (nSPS) is 31.8. The third-order valence-electron chi connectivity index (χ3n) is 7.63. The molecule has 0 aromatic heterocycles. The molecular weight excluding hydrogens is 486 g/mol. The maximum Gasteiger partial charge on any atom is 0.248 e. The van der Waals surface area contributed by atoms with Gasteiger partial charge in [-0.2, -0.15) is 0 Å². The number of anilines is 2. The number of nitrogens with one attached hydrogen (secondary N) is 2. The Kier molecular flexibility index (Phi) is 6.32. The van der Waals surface area contributed by atoms with Crippen molar-refractivity contribution in [2.24, 2.45) is 17.8 Å². The van der Waals surface area contributed by atoms with Gasteiger partial charge in [-0.1, -0.05) is 36.7 Å². The summed E-state index contributed by atoms with van der Waals surface area (Å²) in [6.45, 7) is 3.52. The van der Waals surface area contributed by atoms with Gasteiger partial charge in [0.25, 0.3) is 0 Å². The quantitative estimate of drug-likeness (QED) is 0.548. The lowest BCUT2D eigenvalue weighted by Crippen LogP contribution is -2.56. The zero-order valence-corrected chi connectivity index (χ0v) is 21.1. The van der Waals surface area contributed by atoms with Crippen molar-refractivity contribution in [3.63, 3.8) is 0 Å². The fourth-order valence-electron chi connectivity index (χ4n) is 6.11. The van der Waals surface area contributed by atoms with Crippen molar-refractivity contribution in [3.05, 3.63) is 59.6 Å². The zero-order chi connectivity index (χ0) is 24.9. The molecule has 3 heterocycles. The van der Waals surface area contributed by atoms with Gasteiger partial charge < -0.3 is 20.6 Å². The third kappa shape index (κ3) is 3.82. The van der Waals surface area contributed by atoms with E-state index in [1.54, 1.807) is 43.0 Å². The lowest BCUT2D eigenvalue weighted by molar-refractivity contribution is -0.140. The Labute approximate surface area is 213 Å². The van der Waals surface area contributed by atoms with Gasteiger partial charge in [0, 0.05) is 21.6 Å². The number of aliphatic hydroxyl groups is 1. The maximum absolute atomic E-state index is 13.9. The van der Waals surface area contributed by atoms with Gasteiger partial charge in [-0.15, -0.1) is 11.8 Å². The number of rotatable bonds is 6. The van der Waals surface area contributed by atoms with Gasteiger partial charge in [0.2, 0.25) is 17.7 Å². The molecule has 5 rings (SSSR count). The van der Waals surface area contributed by atoms with E-state index < -0.39 is 28.7 Å². The summed E-state index contributed by atoms with van der Waals surface area (Å²) in [5.74, 6) is -1.89. The molecule has 3 aliphatic rings. The highest BCUT2D eigenvalue weighted by Crippen LogP contribution is 2.68. The Morgan fingerprint density at radius 3 is 2.40 bits per heavy atom. The van der Waals surface area contributed by atoms with Gasteiger partial charge in [-0.05, 0) is 55.7 Å². The summed E-state index contributed by atoms with van der Waals surface area (Å²) in [5, 5.41) is 16.4. The first-order chi connectivity index (χ1) is 16.8. The average Bonchev–Trinajstić information content (AvgIpc) is 3.44. The summed E-state index contributed by atoms with van der Waals surface area (Å²) in [7, 11) is 0. The fraction of sp³-hybridized carbons (Fsp3) is 0.423. The predicted molar refractivity (Wildman–Crippen MR) is 137 cm³/mol. The lowest BCUT2D eigenvalue weighted by Gasteiger charge is -2.39. The van der Waals surface area contributed by atoms with Crippen molar-refractivity contribution in [1.82, 2.24) is 4.90 Å². The van der Waals surface area contributed by atoms with E-state index >= 15 is 0 Å². The Morgan fingerprint density at radius 1 is 1.11 bits per heavy atom. The van der Waals surface area contributed by atoms with Crippen LogP contribution in [0.2, 0.25) is 5.02 Å². The van der Waals surface area contributed by atoms with Gasteiger partial charge in [0.1, 0.15) is 6.04 Å². The molecule has 3 N–H and O–H groups in total. The van der Waals surface area contributed by atoms with Crippen LogP contribution < -0.4 is 10.6 Å². The van der Waals surface area contributed by atoms with E-state index in [1.807, 2.05) is 30.3 Å². The molecule has 2 bridgehead atoms. The second-order valence-corrected chi connectivity index (χ2v) is 11.7. The number of aliphatic hydroxyl groups excluding tert-OH is 1. The lowest BCUT2D eigenvalue weighted by atomic mass is 9.66. The Hall–Kier alpha value is -2.55. The number of carbonyl (C=O) groups excluding carboxylic acids is 3. The molecule has 0 saturated carbocycles. The molecule has 35 heavy (non-hydrogen) atoms. The summed E-state index contributed by atoms with van der Waals surface area (Å²) >= 11 is 7.59. The van der Waals surface area contributed by atoms with E-state index in [-0.39, 0.29) is 35.5 Å². The molecule has 7 atom stereocenters. The van der Waals surface area contributed by atoms with Crippen LogP contribution in [-0.2, 0) is 14.4 Å². The van der Waals surface area contributed by atoms with Crippen molar-refractivity contribution < 1.29 is 19.5 Å². The number of hydrogen-bond donors (Lipinski definition) is 3. The van der Waals surface area contributed by atoms with Crippen molar-refractivity contribution >= 4 is 52.5 Å². The van der Waals surface area contributed by atoms with Crippen LogP contribution >= 0.6 is 23.4 Å². The van der Waals surface area contributed by atoms with E-state index in [4.69, 9.17) is 11.6 Å². The average molecular weight is 514 g/mol. The summed E-state index contributed by atoms with van der Waals surface area (Å²) in [4.78, 5) is 42.7. The Bertz CT molecular complexity index is 1150. The van der Waals surface area contributed by atoms with E-state index in [0.29, 0.717) is 16.4 Å². The van der Waals surface area contributed by atoms with Crippen molar-refractivity contribution in [2.75, 3.05) is 17.2 Å². The van der Waals surface area contributed by atoms with Gasteiger partial charge >= 0.3 is 0 Å². The highest BCUT2D eigenvalue weighted by Gasteiger charge is 2.76. The number of benzene rings is 2. The van der Waals surface area contributed by atoms with Gasteiger partial charge in [-0.3, -0.25) is 14.4 Å². The highest BCUT2D eigenvalue weighted by atomic mass is 35.5. The van der Waals surface area contributed by atoms with Crippen molar-refractivity contribution in [1.29, 1.82) is 0 Å². The first kappa shape index (κ1) is 24.2. The first-order valence-electron chi connectivity index (χ1n) is 11.8. The van der Waals surface area contributed by atoms with Crippen LogP contribution in [0.25, 0.3) is 0 Å². The molecule has 3 amide bonds. The molecular formula is C26H28ClN3O4S. The molecule has 2 aromatic carbocycles. The molecule has 7 nitrogen and oxygen atoms in total. The number of nitrogens with zero attached hydrogens (tertiary/aromatic N) is 1. The van der Waals surface area contributed by atoms with Crippen LogP contribution in [0.15, 0.2) is 54.6 Å². The minimum absolute atomic E-state index is 0.0454. The molecule has 3 saturated heterocycles. The Balaban J connectivity index is 1.51. The molecule has 184 valence electrons. The number of para-hydroxylation sites is 1. The highest BCUT2D eigenvalue weighted by molar-refractivity contribution is 8.02. The van der Waals surface area contributed by atoms with Crippen LogP contribution in [0.4, 0.5) is 11.4 Å². The fourth-order valence-corrected chi connectivity index (χ4v) is 8.65. The molecule has 3 fully saturated rings. The summed E-state index contributed by atoms with van der Waals surface area (Å²) in [5.41, 5.74) is 1.25. The largest absolute Gasteiger partial charge is 0.394 e. The molecule has 2 aromatic rings. The Morgan fingerprint density at radius 2 is 1.74 bits per heavy atom. The smallest absolute Gasteiger partial charge is 0.248 e. The molecule has 0 radical (unpaired) electrons. The second-order valence-electron chi connectivity index (χ2n) is 9.68. The number of amides is 3. The zero-order valence-electron chi connectivity index (χ0n) is 19.5. The number of hydrogen-bond acceptors (Lipinski definition) is 5.